The van der Waals surface area contributed by atoms with Gasteiger partial charge in [0.15, 0.2) is 10.8 Å². The lowest BCUT2D eigenvalue weighted by Crippen LogP contribution is -1.94. The average Bonchev–Trinajstić information content (AvgIpc) is 2.61. The number of nitrogens with zero attached hydrogens (tertiary/aromatic N) is 4. The summed E-state index contributed by atoms with van der Waals surface area (Å²) in [4.78, 5) is 0. The summed E-state index contributed by atoms with van der Waals surface area (Å²) in [5, 5.41) is 18.0. The molecule has 0 saturated carbocycles. The number of nitriles is 1. The number of hydrogen-bond donors (Lipinski definition) is 0. The Bertz CT molecular complexity index is 575. The molecule has 1 atom stereocenters. The zero-order valence-corrected chi connectivity index (χ0v) is 10.5. The lowest BCUT2D eigenvalue weighted by molar-refractivity contribution is 0.918. The zero-order chi connectivity index (χ0) is 11.7. The average molecular weight is 273 g/mol. The Labute approximate surface area is 106 Å². The van der Waals surface area contributed by atoms with Crippen molar-refractivity contribution in [2.45, 2.75) is 17.3 Å². The minimum Gasteiger partial charge on any atom is -0.275 e. The first-order valence-electron chi connectivity index (χ1n) is 4.38. The van der Waals surface area contributed by atoms with Crippen molar-refractivity contribution in [3.05, 3.63) is 22.3 Å². The highest BCUT2D eigenvalue weighted by atomic mass is 35.5. The first-order valence-corrected chi connectivity index (χ1v) is 6.01. The van der Waals surface area contributed by atoms with Gasteiger partial charge in [0.1, 0.15) is 0 Å². The minimum atomic E-state index is -0.204. The predicted molar refractivity (Wildman–Crippen MR) is 63.9 cm³/mol. The molecule has 82 valence electrons. The summed E-state index contributed by atoms with van der Waals surface area (Å²) in [5.41, 5.74) is 0.540. The van der Waals surface area contributed by atoms with Gasteiger partial charge in [-0.05, 0) is 13.0 Å². The third-order valence-corrected chi connectivity index (χ3v) is 3.29. The lowest BCUT2D eigenvalue weighted by atomic mass is 10.5. The van der Waals surface area contributed by atoms with Crippen LogP contribution in [0.1, 0.15) is 6.92 Å². The third-order valence-electron chi connectivity index (χ3n) is 1.86. The first-order chi connectivity index (χ1) is 7.61. The summed E-state index contributed by atoms with van der Waals surface area (Å²) >= 11 is 13.2. The standard InChI is InChI=1S/C9H6Cl2N4S/c1-5(3-12)16-9-14-13-8-7(11)2-6(10)4-15(8)9/h2,4-5H,1H3/t5-/m0/s1. The summed E-state index contributed by atoms with van der Waals surface area (Å²) in [6, 6.07) is 3.72. The number of hydrogen-bond acceptors (Lipinski definition) is 4. The Morgan fingerprint density at radius 1 is 1.50 bits per heavy atom. The Morgan fingerprint density at radius 3 is 2.94 bits per heavy atom. The van der Waals surface area contributed by atoms with Crippen LogP contribution in [0.2, 0.25) is 10.0 Å². The molecule has 2 aromatic heterocycles. The number of rotatable bonds is 2. The fraction of sp³-hybridized carbons (Fsp3) is 0.222. The van der Waals surface area contributed by atoms with Crippen molar-refractivity contribution in [1.29, 1.82) is 5.26 Å². The number of aromatic nitrogens is 3. The van der Waals surface area contributed by atoms with Crippen LogP contribution in [0.25, 0.3) is 5.65 Å². The van der Waals surface area contributed by atoms with E-state index >= 15 is 0 Å². The molecule has 4 nitrogen and oxygen atoms in total. The highest BCUT2D eigenvalue weighted by molar-refractivity contribution is 8.00. The maximum Gasteiger partial charge on any atom is 0.196 e. The molecule has 0 radical (unpaired) electrons. The molecule has 16 heavy (non-hydrogen) atoms. The Morgan fingerprint density at radius 2 is 2.25 bits per heavy atom. The first kappa shape index (κ1) is 11.5. The monoisotopic (exact) mass is 272 g/mol. The molecule has 0 unspecified atom stereocenters. The van der Waals surface area contributed by atoms with Crippen molar-refractivity contribution in [3.63, 3.8) is 0 Å². The van der Waals surface area contributed by atoms with E-state index in [1.165, 1.54) is 11.8 Å². The SMILES string of the molecule is C[C@@H](C#N)Sc1nnc2c(Cl)cc(Cl)cn12. The highest BCUT2D eigenvalue weighted by Crippen LogP contribution is 2.26. The molecule has 0 amide bonds. The van der Waals surface area contributed by atoms with Crippen LogP contribution in [0, 0.1) is 11.3 Å². The molecule has 0 aliphatic rings. The van der Waals surface area contributed by atoms with Crippen molar-refractivity contribution in [2.24, 2.45) is 0 Å². The lowest BCUT2D eigenvalue weighted by Gasteiger charge is -2.01. The molecule has 2 heterocycles. The third kappa shape index (κ3) is 2.09. The second-order valence-corrected chi connectivity index (χ2v) is 5.22. The molecule has 0 saturated heterocycles. The van der Waals surface area contributed by atoms with Crippen molar-refractivity contribution in [1.82, 2.24) is 14.6 Å². The van der Waals surface area contributed by atoms with Gasteiger partial charge in [0, 0.05) is 6.20 Å². The van der Waals surface area contributed by atoms with Crippen molar-refractivity contribution < 1.29 is 0 Å². The zero-order valence-electron chi connectivity index (χ0n) is 8.19. The Kier molecular flexibility index (Phi) is 3.24. The second-order valence-electron chi connectivity index (χ2n) is 3.07. The summed E-state index contributed by atoms with van der Waals surface area (Å²) in [6.07, 6.45) is 1.68. The van der Waals surface area contributed by atoms with Crippen LogP contribution >= 0.6 is 35.0 Å². The summed E-state index contributed by atoms with van der Waals surface area (Å²) < 4.78 is 1.68. The summed E-state index contributed by atoms with van der Waals surface area (Å²) in [5.74, 6) is 0. The van der Waals surface area contributed by atoms with Crippen molar-refractivity contribution >= 4 is 40.6 Å². The molecule has 0 spiro atoms. The molecular weight excluding hydrogens is 267 g/mol. The van der Waals surface area contributed by atoms with Gasteiger partial charge in [-0.3, -0.25) is 4.40 Å². The Hall–Kier alpha value is -0.960. The fourth-order valence-electron chi connectivity index (χ4n) is 1.17. The Balaban J connectivity index is 2.52. The van der Waals surface area contributed by atoms with E-state index in [9.17, 15) is 0 Å². The quantitative estimate of drug-likeness (QED) is 0.789. The smallest absolute Gasteiger partial charge is 0.196 e. The normalized spacial score (nSPS) is 12.6. The molecule has 0 aliphatic carbocycles. The molecular formula is C9H6Cl2N4S. The van der Waals surface area contributed by atoms with Gasteiger partial charge < -0.3 is 0 Å². The predicted octanol–water partition coefficient (Wildman–Crippen LogP) is 3.04. The van der Waals surface area contributed by atoms with Crippen LogP contribution in [0.4, 0.5) is 0 Å². The minimum absolute atomic E-state index is 0.204. The van der Waals surface area contributed by atoms with Gasteiger partial charge in [-0.15, -0.1) is 10.2 Å². The van der Waals surface area contributed by atoms with E-state index in [1.54, 1.807) is 23.6 Å². The van der Waals surface area contributed by atoms with Crippen LogP contribution in [0.5, 0.6) is 0 Å². The van der Waals surface area contributed by atoms with Crippen LogP contribution < -0.4 is 0 Å². The number of fused-ring (bicyclic) bond motifs is 1. The van der Waals surface area contributed by atoms with Crippen LogP contribution in [-0.4, -0.2) is 19.8 Å². The highest BCUT2D eigenvalue weighted by Gasteiger charge is 2.12. The molecule has 0 aromatic carbocycles. The summed E-state index contributed by atoms with van der Waals surface area (Å²) in [6.45, 7) is 1.79. The van der Waals surface area contributed by atoms with Crippen molar-refractivity contribution in [3.8, 4) is 6.07 Å². The van der Waals surface area contributed by atoms with E-state index in [2.05, 4.69) is 16.3 Å². The molecule has 0 fully saturated rings. The van der Waals surface area contributed by atoms with E-state index in [0.717, 1.165) is 0 Å². The van der Waals surface area contributed by atoms with Crippen LogP contribution in [0.15, 0.2) is 17.4 Å². The number of halogens is 2. The second kappa shape index (κ2) is 4.50. The number of pyridine rings is 1. The molecule has 2 aromatic rings. The van der Waals surface area contributed by atoms with E-state index in [1.807, 2.05) is 0 Å². The molecule has 2 rings (SSSR count). The van der Waals surface area contributed by atoms with Gasteiger partial charge in [-0.25, -0.2) is 0 Å². The number of thioether (sulfide) groups is 1. The van der Waals surface area contributed by atoms with Gasteiger partial charge in [-0.2, -0.15) is 5.26 Å². The van der Waals surface area contributed by atoms with E-state index in [0.29, 0.717) is 20.8 Å². The molecule has 0 bridgehead atoms. The van der Waals surface area contributed by atoms with Crippen LogP contribution in [-0.2, 0) is 0 Å². The maximum absolute atomic E-state index is 8.73. The van der Waals surface area contributed by atoms with E-state index < -0.39 is 0 Å². The molecule has 0 N–H and O–H groups in total. The molecule has 7 heteroatoms. The maximum atomic E-state index is 8.73. The topological polar surface area (TPSA) is 54.0 Å². The van der Waals surface area contributed by atoms with Gasteiger partial charge >= 0.3 is 0 Å². The van der Waals surface area contributed by atoms with Gasteiger partial charge in [0.2, 0.25) is 0 Å². The van der Waals surface area contributed by atoms with Gasteiger partial charge in [0.25, 0.3) is 0 Å². The largest absolute Gasteiger partial charge is 0.275 e. The van der Waals surface area contributed by atoms with Crippen molar-refractivity contribution in [2.75, 3.05) is 0 Å². The van der Waals surface area contributed by atoms with Crippen LogP contribution in [0.3, 0.4) is 0 Å². The van der Waals surface area contributed by atoms with Gasteiger partial charge in [0.05, 0.1) is 21.4 Å². The van der Waals surface area contributed by atoms with E-state index in [-0.39, 0.29) is 5.25 Å². The fourth-order valence-corrected chi connectivity index (χ4v) is 2.39. The van der Waals surface area contributed by atoms with Gasteiger partial charge in [-0.1, -0.05) is 35.0 Å². The molecule has 0 aliphatic heterocycles. The summed E-state index contributed by atoms with van der Waals surface area (Å²) in [7, 11) is 0. The van der Waals surface area contributed by atoms with E-state index in [4.69, 9.17) is 28.5 Å².